The molecule has 4 nitrogen and oxygen atoms in total. The van der Waals surface area contributed by atoms with Crippen molar-refractivity contribution in [2.75, 3.05) is 6.61 Å². The lowest BCUT2D eigenvalue weighted by molar-refractivity contribution is -0.215. The number of ether oxygens (including phenoxy) is 1. The lowest BCUT2D eigenvalue weighted by atomic mass is 9.97. The first-order chi connectivity index (χ1) is 8.15. The first kappa shape index (κ1) is 15.2. The summed E-state index contributed by atoms with van der Waals surface area (Å²) in [5.74, 6) is -0.572. The summed E-state index contributed by atoms with van der Waals surface area (Å²) in [6, 6.07) is 0.238. The number of primary amides is 1. The molecule has 7 heteroatoms. The van der Waals surface area contributed by atoms with Crippen molar-refractivity contribution in [1.82, 2.24) is 5.32 Å². The van der Waals surface area contributed by atoms with Gasteiger partial charge in [-0.2, -0.15) is 13.2 Å². The highest BCUT2D eigenvalue weighted by atomic mass is 19.4. The van der Waals surface area contributed by atoms with Gasteiger partial charge in [-0.05, 0) is 33.1 Å². The predicted molar refractivity (Wildman–Crippen MR) is 59.8 cm³/mol. The van der Waals surface area contributed by atoms with E-state index < -0.39 is 23.7 Å². The zero-order chi connectivity index (χ0) is 14.0. The second kappa shape index (κ2) is 5.44. The van der Waals surface area contributed by atoms with Gasteiger partial charge in [-0.25, -0.2) is 0 Å². The minimum atomic E-state index is -4.38. The second-order valence-corrected chi connectivity index (χ2v) is 4.92. The number of nitrogens with two attached hydrogens (primary N) is 1. The molecule has 0 heterocycles. The molecule has 3 N–H and O–H groups in total. The Labute approximate surface area is 104 Å². The van der Waals surface area contributed by atoms with Crippen LogP contribution in [0.4, 0.5) is 13.2 Å². The molecular weight excluding hydrogens is 249 g/mol. The molecular formula is C11H19F3N2O2. The van der Waals surface area contributed by atoms with Crippen LogP contribution in [0.3, 0.4) is 0 Å². The van der Waals surface area contributed by atoms with Crippen molar-refractivity contribution in [3.8, 4) is 0 Å². The van der Waals surface area contributed by atoms with Crippen molar-refractivity contribution in [2.45, 2.75) is 57.0 Å². The normalized spacial score (nSPS) is 21.4. The summed E-state index contributed by atoms with van der Waals surface area (Å²) in [4.78, 5) is 11.3. The van der Waals surface area contributed by atoms with E-state index in [0.717, 1.165) is 19.8 Å². The van der Waals surface area contributed by atoms with E-state index in [0.29, 0.717) is 0 Å². The summed E-state index contributed by atoms with van der Waals surface area (Å²) in [5, 5.41) is 3.04. The molecule has 0 radical (unpaired) electrons. The molecule has 1 aliphatic rings. The Kier molecular flexibility index (Phi) is 4.61. The molecule has 0 spiro atoms. The lowest BCUT2D eigenvalue weighted by Gasteiger charge is -2.28. The maximum absolute atomic E-state index is 12.2. The van der Waals surface area contributed by atoms with Crippen molar-refractivity contribution in [3.63, 3.8) is 0 Å². The van der Waals surface area contributed by atoms with E-state index in [1.807, 2.05) is 0 Å². The molecule has 0 aliphatic heterocycles. The monoisotopic (exact) mass is 268 g/mol. The Morgan fingerprint density at radius 1 is 1.50 bits per heavy atom. The minimum Gasteiger partial charge on any atom is -0.369 e. The van der Waals surface area contributed by atoms with Crippen LogP contribution < -0.4 is 11.1 Å². The topological polar surface area (TPSA) is 64.3 Å². The van der Waals surface area contributed by atoms with Gasteiger partial charge in [0.1, 0.15) is 0 Å². The SMILES string of the molecule is CC(OCCC(C)(NC1CC1)C(N)=O)C(F)(F)F. The lowest BCUT2D eigenvalue weighted by Crippen LogP contribution is -2.54. The summed E-state index contributed by atoms with van der Waals surface area (Å²) in [6.45, 7) is 2.37. The number of carbonyl (C=O) groups excluding carboxylic acids is 1. The number of nitrogens with one attached hydrogen (secondary N) is 1. The van der Waals surface area contributed by atoms with Gasteiger partial charge >= 0.3 is 6.18 Å². The van der Waals surface area contributed by atoms with Crippen LogP contribution >= 0.6 is 0 Å². The maximum Gasteiger partial charge on any atom is 0.414 e. The van der Waals surface area contributed by atoms with E-state index in [4.69, 9.17) is 5.73 Å². The molecule has 2 atom stereocenters. The molecule has 1 fully saturated rings. The van der Waals surface area contributed by atoms with Crippen molar-refractivity contribution in [2.24, 2.45) is 5.73 Å². The van der Waals surface area contributed by atoms with E-state index in [-0.39, 0.29) is 19.1 Å². The molecule has 1 amide bonds. The number of halogens is 3. The quantitative estimate of drug-likeness (QED) is 0.732. The van der Waals surface area contributed by atoms with Crippen molar-refractivity contribution >= 4 is 5.91 Å². The maximum atomic E-state index is 12.2. The van der Waals surface area contributed by atoms with Crippen LogP contribution in [0, 0.1) is 0 Å². The van der Waals surface area contributed by atoms with Gasteiger partial charge in [0.15, 0.2) is 6.10 Å². The van der Waals surface area contributed by atoms with Crippen molar-refractivity contribution < 1.29 is 22.7 Å². The fourth-order valence-electron chi connectivity index (χ4n) is 1.48. The smallest absolute Gasteiger partial charge is 0.369 e. The van der Waals surface area contributed by atoms with E-state index in [2.05, 4.69) is 10.1 Å². The Hall–Kier alpha value is -0.820. The molecule has 0 bridgehead atoms. The Balaban J connectivity index is 2.40. The Bertz CT molecular complexity index is 305. The average Bonchev–Trinajstić information content (AvgIpc) is 2.99. The van der Waals surface area contributed by atoms with Crippen LogP contribution in [0.2, 0.25) is 0 Å². The van der Waals surface area contributed by atoms with Gasteiger partial charge in [0.25, 0.3) is 0 Å². The Morgan fingerprint density at radius 2 is 2.06 bits per heavy atom. The number of hydrogen-bond acceptors (Lipinski definition) is 3. The first-order valence-corrected chi connectivity index (χ1v) is 5.91. The highest BCUT2D eigenvalue weighted by molar-refractivity contribution is 5.84. The minimum absolute atomic E-state index is 0.124. The number of alkyl halides is 3. The molecule has 1 rings (SSSR count). The van der Waals surface area contributed by atoms with Gasteiger partial charge in [-0.15, -0.1) is 0 Å². The van der Waals surface area contributed by atoms with Crippen LogP contribution in [-0.4, -0.2) is 36.4 Å². The summed E-state index contributed by atoms with van der Waals surface area (Å²) in [7, 11) is 0. The standard InChI is InChI=1S/C11H19F3N2O2/c1-7(11(12,13)14)18-6-5-10(2,9(15)17)16-8-3-4-8/h7-8,16H,3-6H2,1-2H3,(H2,15,17). The third-order valence-electron chi connectivity index (χ3n) is 3.07. The van der Waals surface area contributed by atoms with Crippen LogP contribution in [-0.2, 0) is 9.53 Å². The van der Waals surface area contributed by atoms with E-state index in [9.17, 15) is 18.0 Å². The third-order valence-corrected chi connectivity index (χ3v) is 3.07. The molecule has 106 valence electrons. The highest BCUT2D eigenvalue weighted by Gasteiger charge is 2.39. The number of rotatable bonds is 7. The fraction of sp³-hybridized carbons (Fsp3) is 0.909. The van der Waals surface area contributed by atoms with Crippen LogP contribution in [0.15, 0.2) is 0 Å². The first-order valence-electron chi connectivity index (χ1n) is 5.91. The molecule has 0 aromatic heterocycles. The van der Waals surface area contributed by atoms with Gasteiger partial charge in [0.05, 0.1) is 5.54 Å². The van der Waals surface area contributed by atoms with Crippen LogP contribution in [0.1, 0.15) is 33.1 Å². The average molecular weight is 268 g/mol. The number of hydrogen-bond donors (Lipinski definition) is 2. The predicted octanol–water partition coefficient (Wildman–Crippen LogP) is 1.34. The summed E-state index contributed by atoms with van der Waals surface area (Å²) in [5.41, 5.74) is 4.26. The molecule has 18 heavy (non-hydrogen) atoms. The molecule has 0 aromatic carbocycles. The molecule has 0 saturated heterocycles. The molecule has 1 saturated carbocycles. The Morgan fingerprint density at radius 3 is 2.44 bits per heavy atom. The van der Waals surface area contributed by atoms with Gasteiger partial charge < -0.3 is 15.8 Å². The summed E-state index contributed by atoms with van der Waals surface area (Å²) in [6.07, 6.45) is -4.17. The molecule has 2 unspecified atom stereocenters. The zero-order valence-corrected chi connectivity index (χ0v) is 10.5. The highest BCUT2D eigenvalue weighted by Crippen LogP contribution is 2.25. The second-order valence-electron chi connectivity index (χ2n) is 4.92. The van der Waals surface area contributed by atoms with E-state index in [1.54, 1.807) is 6.92 Å². The van der Waals surface area contributed by atoms with Crippen LogP contribution in [0.25, 0.3) is 0 Å². The third kappa shape index (κ3) is 4.45. The largest absolute Gasteiger partial charge is 0.414 e. The van der Waals surface area contributed by atoms with Gasteiger partial charge in [0, 0.05) is 12.6 Å². The van der Waals surface area contributed by atoms with Gasteiger partial charge in [-0.3, -0.25) is 4.79 Å². The fourth-order valence-corrected chi connectivity index (χ4v) is 1.48. The molecule has 1 aliphatic carbocycles. The van der Waals surface area contributed by atoms with Crippen molar-refractivity contribution in [3.05, 3.63) is 0 Å². The number of carbonyl (C=O) groups is 1. The van der Waals surface area contributed by atoms with Crippen molar-refractivity contribution in [1.29, 1.82) is 0 Å². The summed E-state index contributed by atoms with van der Waals surface area (Å²) >= 11 is 0. The number of amides is 1. The van der Waals surface area contributed by atoms with Gasteiger partial charge in [0.2, 0.25) is 5.91 Å². The van der Waals surface area contributed by atoms with Gasteiger partial charge in [-0.1, -0.05) is 0 Å². The zero-order valence-electron chi connectivity index (χ0n) is 10.5. The molecule has 0 aromatic rings. The van der Waals surface area contributed by atoms with E-state index >= 15 is 0 Å². The van der Waals surface area contributed by atoms with Crippen LogP contribution in [0.5, 0.6) is 0 Å². The summed E-state index contributed by atoms with van der Waals surface area (Å²) < 4.78 is 41.3. The van der Waals surface area contributed by atoms with E-state index in [1.165, 1.54) is 0 Å².